The summed E-state index contributed by atoms with van der Waals surface area (Å²) in [5.41, 5.74) is 1.09. The first kappa shape index (κ1) is 21.2. The van der Waals surface area contributed by atoms with Gasteiger partial charge < -0.3 is 15.0 Å². The molecule has 1 N–H and O–H groups in total. The molecule has 1 aliphatic heterocycles. The largest absolute Gasteiger partial charge is 0.490 e. The molecule has 0 atom stereocenters. The first-order valence-electron chi connectivity index (χ1n) is 9.92. The Labute approximate surface area is 173 Å². The normalized spacial score (nSPS) is 15.9. The van der Waals surface area contributed by atoms with Gasteiger partial charge in [-0.2, -0.15) is 0 Å². The van der Waals surface area contributed by atoms with E-state index < -0.39 is 9.84 Å². The highest BCUT2D eigenvalue weighted by Crippen LogP contribution is 2.18. The van der Waals surface area contributed by atoms with E-state index in [1.165, 1.54) is 6.26 Å². The van der Waals surface area contributed by atoms with E-state index >= 15 is 0 Å². The Morgan fingerprint density at radius 3 is 2.34 bits per heavy atom. The Hall–Kier alpha value is -2.54. The maximum atomic E-state index is 11.5. The highest BCUT2D eigenvalue weighted by molar-refractivity contribution is 7.90. The van der Waals surface area contributed by atoms with Crippen molar-refractivity contribution in [3.63, 3.8) is 0 Å². The van der Waals surface area contributed by atoms with Crippen LogP contribution < -0.4 is 10.1 Å². The van der Waals surface area contributed by atoms with Gasteiger partial charge in [-0.3, -0.25) is 4.99 Å². The number of sulfone groups is 1. The molecule has 0 aromatic heterocycles. The molecule has 1 saturated heterocycles. The van der Waals surface area contributed by atoms with Gasteiger partial charge in [0.1, 0.15) is 11.9 Å². The van der Waals surface area contributed by atoms with Gasteiger partial charge in [0.15, 0.2) is 15.8 Å². The first-order chi connectivity index (χ1) is 14.0. The zero-order valence-corrected chi connectivity index (χ0v) is 17.9. The van der Waals surface area contributed by atoms with Crippen LogP contribution in [0.1, 0.15) is 18.4 Å². The molecule has 2 aromatic rings. The van der Waals surface area contributed by atoms with Crippen LogP contribution in [-0.4, -0.2) is 58.3 Å². The molecule has 0 spiro atoms. The first-order valence-corrected chi connectivity index (χ1v) is 11.8. The number of hydrogen-bond acceptors (Lipinski definition) is 4. The van der Waals surface area contributed by atoms with Gasteiger partial charge in [-0.1, -0.05) is 30.3 Å². The van der Waals surface area contributed by atoms with Crippen LogP contribution in [0.2, 0.25) is 0 Å². The number of piperidine rings is 1. The van der Waals surface area contributed by atoms with Gasteiger partial charge in [-0.25, -0.2) is 8.42 Å². The number of nitrogens with zero attached hydrogens (tertiary/aromatic N) is 2. The summed E-state index contributed by atoms with van der Waals surface area (Å²) in [6.45, 7) is 2.55. The average molecular weight is 416 g/mol. The summed E-state index contributed by atoms with van der Waals surface area (Å²) >= 11 is 0. The number of rotatable bonds is 6. The van der Waals surface area contributed by atoms with Crippen molar-refractivity contribution in [2.45, 2.75) is 30.3 Å². The van der Waals surface area contributed by atoms with Gasteiger partial charge in [-0.05, 0) is 36.2 Å². The lowest BCUT2D eigenvalue weighted by molar-refractivity contribution is 0.129. The second-order valence-electron chi connectivity index (χ2n) is 7.26. The molecule has 156 valence electrons. The van der Waals surface area contributed by atoms with Crippen molar-refractivity contribution in [2.24, 2.45) is 4.99 Å². The van der Waals surface area contributed by atoms with Gasteiger partial charge in [0.05, 0.1) is 4.90 Å². The number of ether oxygens (including phenoxy) is 1. The monoisotopic (exact) mass is 415 g/mol. The van der Waals surface area contributed by atoms with E-state index in [0.717, 1.165) is 56.2 Å². The molecular weight excluding hydrogens is 386 g/mol. The van der Waals surface area contributed by atoms with Gasteiger partial charge in [-0.15, -0.1) is 0 Å². The van der Waals surface area contributed by atoms with Crippen molar-refractivity contribution in [1.82, 2.24) is 10.2 Å². The van der Waals surface area contributed by atoms with E-state index in [4.69, 9.17) is 4.74 Å². The minimum atomic E-state index is -3.15. The van der Waals surface area contributed by atoms with Crippen molar-refractivity contribution >= 4 is 15.8 Å². The zero-order chi connectivity index (χ0) is 20.7. The van der Waals surface area contributed by atoms with Crippen LogP contribution in [0.3, 0.4) is 0 Å². The fourth-order valence-corrected chi connectivity index (χ4v) is 4.06. The maximum absolute atomic E-state index is 11.5. The summed E-state index contributed by atoms with van der Waals surface area (Å²) in [5.74, 6) is 1.83. The number of aliphatic imine (C=N–C) groups is 1. The highest BCUT2D eigenvalue weighted by Gasteiger charge is 2.22. The molecule has 0 aliphatic carbocycles. The van der Waals surface area contributed by atoms with Gasteiger partial charge >= 0.3 is 0 Å². The molecule has 0 amide bonds. The number of para-hydroxylation sites is 1. The molecule has 0 unspecified atom stereocenters. The summed E-state index contributed by atoms with van der Waals surface area (Å²) in [7, 11) is -1.35. The van der Waals surface area contributed by atoms with E-state index in [1.54, 1.807) is 19.2 Å². The van der Waals surface area contributed by atoms with Gasteiger partial charge in [0.25, 0.3) is 0 Å². The molecule has 6 nitrogen and oxygen atoms in total. The van der Waals surface area contributed by atoms with Crippen LogP contribution in [0.25, 0.3) is 0 Å². The molecule has 29 heavy (non-hydrogen) atoms. The van der Waals surface area contributed by atoms with Gasteiger partial charge in [0.2, 0.25) is 0 Å². The maximum Gasteiger partial charge on any atom is 0.193 e. The third-order valence-electron chi connectivity index (χ3n) is 5.05. The predicted octanol–water partition coefficient (Wildman–Crippen LogP) is 2.75. The molecule has 3 rings (SSSR count). The van der Waals surface area contributed by atoms with Crippen LogP contribution in [0.15, 0.2) is 64.5 Å². The smallest absolute Gasteiger partial charge is 0.193 e. The van der Waals surface area contributed by atoms with Gasteiger partial charge in [0, 0.05) is 45.8 Å². The second kappa shape index (κ2) is 9.78. The number of guanidine groups is 1. The Morgan fingerprint density at radius 2 is 1.76 bits per heavy atom. The number of likely N-dealkylation sites (tertiary alicyclic amines) is 1. The Balaban J connectivity index is 1.44. The average Bonchev–Trinajstić information content (AvgIpc) is 2.72. The van der Waals surface area contributed by atoms with Crippen LogP contribution in [0.5, 0.6) is 5.75 Å². The van der Waals surface area contributed by atoms with E-state index in [2.05, 4.69) is 15.2 Å². The van der Waals surface area contributed by atoms with Crippen molar-refractivity contribution in [3.05, 3.63) is 60.2 Å². The molecule has 0 bridgehead atoms. The zero-order valence-electron chi connectivity index (χ0n) is 17.0. The third-order valence-corrected chi connectivity index (χ3v) is 6.18. The standard InChI is InChI=1S/C22H29N3O3S/c1-23-22(24-15-12-18-8-10-21(11-9-18)29(2,26)27)25-16-13-20(14-17-25)28-19-6-4-3-5-7-19/h3-11,20H,12-17H2,1-2H3,(H,23,24). The van der Waals surface area contributed by atoms with Crippen LogP contribution in [0.4, 0.5) is 0 Å². The fraction of sp³-hybridized carbons (Fsp3) is 0.409. The summed E-state index contributed by atoms with van der Waals surface area (Å²) in [6, 6.07) is 17.0. The van der Waals surface area contributed by atoms with Crippen molar-refractivity contribution in [1.29, 1.82) is 0 Å². The second-order valence-corrected chi connectivity index (χ2v) is 9.27. The SMILES string of the molecule is CN=C(NCCc1ccc(S(C)(=O)=O)cc1)N1CCC(Oc2ccccc2)CC1. The molecule has 1 heterocycles. The highest BCUT2D eigenvalue weighted by atomic mass is 32.2. The Morgan fingerprint density at radius 1 is 1.10 bits per heavy atom. The minimum Gasteiger partial charge on any atom is -0.490 e. The van der Waals surface area contributed by atoms with Crippen molar-refractivity contribution < 1.29 is 13.2 Å². The van der Waals surface area contributed by atoms with Crippen molar-refractivity contribution in [2.75, 3.05) is 32.9 Å². The summed E-state index contributed by atoms with van der Waals surface area (Å²) in [5, 5.41) is 3.41. The molecule has 1 aliphatic rings. The van der Waals surface area contributed by atoms with E-state index in [-0.39, 0.29) is 6.10 Å². The Bertz CT molecular complexity index is 904. The topological polar surface area (TPSA) is 71.0 Å². The molecule has 2 aromatic carbocycles. The van der Waals surface area contributed by atoms with E-state index in [0.29, 0.717) is 4.90 Å². The van der Waals surface area contributed by atoms with E-state index in [1.807, 2.05) is 42.5 Å². The number of benzene rings is 2. The fourth-order valence-electron chi connectivity index (χ4n) is 3.43. The van der Waals surface area contributed by atoms with Crippen molar-refractivity contribution in [3.8, 4) is 5.75 Å². The minimum absolute atomic E-state index is 0.236. The summed E-state index contributed by atoms with van der Waals surface area (Å²) in [6.07, 6.45) is 4.18. The Kier molecular flexibility index (Phi) is 7.14. The molecule has 0 radical (unpaired) electrons. The molecule has 1 fully saturated rings. The van der Waals surface area contributed by atoms with E-state index in [9.17, 15) is 8.42 Å². The molecule has 0 saturated carbocycles. The predicted molar refractivity (Wildman–Crippen MR) is 116 cm³/mol. The van der Waals surface area contributed by atoms with Crippen LogP contribution in [0, 0.1) is 0 Å². The quantitative estimate of drug-likeness (QED) is 0.580. The molecular formula is C22H29N3O3S. The lowest BCUT2D eigenvalue weighted by atomic mass is 10.1. The summed E-state index contributed by atoms with van der Waals surface area (Å²) < 4.78 is 29.1. The lowest BCUT2D eigenvalue weighted by Crippen LogP contribution is -2.47. The third kappa shape index (κ3) is 6.22. The summed E-state index contributed by atoms with van der Waals surface area (Å²) in [4.78, 5) is 7.02. The number of hydrogen-bond donors (Lipinski definition) is 1. The van der Waals surface area contributed by atoms with Crippen LogP contribution >= 0.6 is 0 Å². The molecule has 7 heteroatoms. The number of nitrogens with one attached hydrogen (secondary N) is 1. The van der Waals surface area contributed by atoms with Crippen LogP contribution in [-0.2, 0) is 16.3 Å². The lowest BCUT2D eigenvalue weighted by Gasteiger charge is -2.34.